The van der Waals surface area contributed by atoms with Crippen LogP contribution in [-0.4, -0.2) is 31.8 Å². The van der Waals surface area contributed by atoms with Crippen LogP contribution in [0, 0.1) is 0 Å². The Morgan fingerprint density at radius 2 is 1.83 bits per heavy atom. The number of sulfonamides is 1. The molecule has 0 radical (unpaired) electrons. The number of amides is 1. The highest BCUT2D eigenvalue weighted by Gasteiger charge is 2.39. The van der Waals surface area contributed by atoms with Gasteiger partial charge in [-0.25, -0.2) is 8.42 Å². The minimum atomic E-state index is -3.77. The summed E-state index contributed by atoms with van der Waals surface area (Å²) in [5.74, 6) is 0.433. The topological polar surface area (TPSA) is 75.7 Å². The van der Waals surface area contributed by atoms with Crippen molar-refractivity contribution in [3.63, 3.8) is 0 Å². The number of hydrogen-bond donors (Lipinski definition) is 1. The van der Waals surface area contributed by atoms with E-state index in [0.29, 0.717) is 13.0 Å². The van der Waals surface area contributed by atoms with E-state index in [1.54, 1.807) is 24.6 Å². The molecule has 3 aromatic rings. The predicted molar refractivity (Wildman–Crippen MR) is 116 cm³/mol. The van der Waals surface area contributed by atoms with Crippen molar-refractivity contribution in [3.05, 3.63) is 82.7 Å². The van der Waals surface area contributed by atoms with E-state index in [0.717, 1.165) is 33.8 Å². The summed E-state index contributed by atoms with van der Waals surface area (Å²) < 4.78 is 33.2. The molecule has 1 aromatic heterocycles. The Morgan fingerprint density at radius 3 is 2.50 bits per heavy atom. The SMILES string of the molecule is COc1ccc(CNC(=O)C2Cc3ccccc3CN2S(=O)(=O)c2cccs2)cc1. The van der Waals surface area contributed by atoms with Crippen LogP contribution in [0.1, 0.15) is 16.7 Å². The molecule has 2 heterocycles. The van der Waals surface area contributed by atoms with Gasteiger partial charge in [-0.05, 0) is 46.7 Å². The molecule has 156 valence electrons. The second-order valence-corrected chi connectivity index (χ2v) is 10.1. The monoisotopic (exact) mass is 442 g/mol. The molecule has 1 aliphatic rings. The van der Waals surface area contributed by atoms with Crippen molar-refractivity contribution in [1.82, 2.24) is 9.62 Å². The Hall–Kier alpha value is -2.68. The Labute approximate surface area is 180 Å². The molecule has 0 saturated carbocycles. The maximum atomic E-state index is 13.3. The third kappa shape index (κ3) is 4.12. The number of fused-ring (bicyclic) bond motifs is 1. The Bertz CT molecular complexity index is 1130. The molecule has 1 atom stereocenters. The number of hydrogen-bond acceptors (Lipinski definition) is 5. The highest BCUT2D eigenvalue weighted by Crippen LogP contribution is 2.31. The second-order valence-electron chi connectivity index (χ2n) is 7.04. The number of nitrogens with one attached hydrogen (secondary N) is 1. The summed E-state index contributed by atoms with van der Waals surface area (Å²) in [6.07, 6.45) is 0.342. The number of methoxy groups -OCH3 is 1. The fraction of sp³-hybridized carbons (Fsp3) is 0.227. The summed E-state index contributed by atoms with van der Waals surface area (Å²) >= 11 is 1.16. The van der Waals surface area contributed by atoms with Gasteiger partial charge in [-0.15, -0.1) is 11.3 Å². The van der Waals surface area contributed by atoms with Crippen LogP contribution in [0.5, 0.6) is 5.75 Å². The van der Waals surface area contributed by atoms with E-state index in [9.17, 15) is 13.2 Å². The molecule has 8 heteroatoms. The van der Waals surface area contributed by atoms with Crippen molar-refractivity contribution in [1.29, 1.82) is 0 Å². The molecule has 1 aliphatic heterocycles. The molecule has 0 fully saturated rings. The number of carbonyl (C=O) groups excluding carboxylic acids is 1. The van der Waals surface area contributed by atoms with Gasteiger partial charge in [0.05, 0.1) is 7.11 Å². The van der Waals surface area contributed by atoms with Crippen molar-refractivity contribution in [2.24, 2.45) is 0 Å². The van der Waals surface area contributed by atoms with Gasteiger partial charge in [-0.3, -0.25) is 4.79 Å². The largest absolute Gasteiger partial charge is 0.497 e. The van der Waals surface area contributed by atoms with Crippen LogP contribution in [0.3, 0.4) is 0 Å². The highest BCUT2D eigenvalue weighted by molar-refractivity contribution is 7.91. The Kier molecular flexibility index (Phi) is 5.90. The predicted octanol–water partition coefficient (Wildman–Crippen LogP) is 3.19. The zero-order valence-electron chi connectivity index (χ0n) is 16.4. The molecule has 0 spiro atoms. The van der Waals surface area contributed by atoms with Crippen molar-refractivity contribution < 1.29 is 17.9 Å². The molecule has 2 aromatic carbocycles. The van der Waals surface area contributed by atoms with E-state index in [1.165, 1.54) is 4.31 Å². The zero-order valence-corrected chi connectivity index (χ0v) is 18.1. The minimum absolute atomic E-state index is 0.178. The Morgan fingerprint density at radius 1 is 1.10 bits per heavy atom. The van der Waals surface area contributed by atoms with Crippen LogP contribution >= 0.6 is 11.3 Å². The molecule has 0 bridgehead atoms. The van der Waals surface area contributed by atoms with Gasteiger partial charge in [0.2, 0.25) is 5.91 Å². The molecule has 30 heavy (non-hydrogen) atoms. The molecule has 0 saturated heterocycles. The van der Waals surface area contributed by atoms with E-state index in [2.05, 4.69) is 5.32 Å². The molecular formula is C22H22N2O4S2. The van der Waals surface area contributed by atoms with Crippen LogP contribution in [0.4, 0.5) is 0 Å². The lowest BCUT2D eigenvalue weighted by Gasteiger charge is -2.34. The van der Waals surface area contributed by atoms with Crippen molar-refractivity contribution in [3.8, 4) is 5.75 Å². The standard InChI is InChI=1S/C22H22N2O4S2/c1-28-19-10-8-16(9-11-19)14-23-22(25)20-13-17-5-2-3-6-18(17)15-24(20)30(26,27)21-7-4-12-29-21/h2-12,20H,13-15H2,1H3,(H,23,25). The second kappa shape index (κ2) is 8.59. The lowest BCUT2D eigenvalue weighted by atomic mass is 9.95. The maximum absolute atomic E-state index is 13.3. The third-order valence-corrected chi connectivity index (χ3v) is 8.42. The third-order valence-electron chi connectivity index (χ3n) is 5.19. The normalized spacial score (nSPS) is 16.6. The summed E-state index contributed by atoms with van der Waals surface area (Å²) in [5, 5.41) is 4.63. The van der Waals surface area contributed by atoms with Gasteiger partial charge in [0, 0.05) is 13.1 Å². The van der Waals surface area contributed by atoms with Crippen molar-refractivity contribution in [2.75, 3.05) is 7.11 Å². The van der Waals surface area contributed by atoms with Gasteiger partial charge < -0.3 is 10.1 Å². The maximum Gasteiger partial charge on any atom is 0.253 e. The molecule has 0 aliphatic carbocycles. The van der Waals surface area contributed by atoms with Crippen LogP contribution < -0.4 is 10.1 Å². The van der Waals surface area contributed by atoms with Gasteiger partial charge in [-0.1, -0.05) is 42.5 Å². The van der Waals surface area contributed by atoms with E-state index in [1.807, 2.05) is 48.5 Å². The lowest BCUT2D eigenvalue weighted by Crippen LogP contribution is -2.52. The molecule has 1 unspecified atom stereocenters. The first-order chi connectivity index (χ1) is 14.5. The molecule has 6 nitrogen and oxygen atoms in total. The van der Waals surface area contributed by atoms with Gasteiger partial charge in [0.15, 0.2) is 0 Å². The van der Waals surface area contributed by atoms with E-state index in [4.69, 9.17) is 4.74 Å². The molecule has 4 rings (SSSR count). The smallest absolute Gasteiger partial charge is 0.253 e. The number of thiophene rings is 1. The van der Waals surface area contributed by atoms with E-state index >= 15 is 0 Å². The van der Waals surface area contributed by atoms with Gasteiger partial charge in [0.25, 0.3) is 10.0 Å². The van der Waals surface area contributed by atoms with Crippen LogP contribution in [-0.2, 0) is 34.3 Å². The van der Waals surface area contributed by atoms with Crippen molar-refractivity contribution in [2.45, 2.75) is 29.8 Å². The van der Waals surface area contributed by atoms with E-state index in [-0.39, 0.29) is 16.7 Å². The minimum Gasteiger partial charge on any atom is -0.497 e. The van der Waals surface area contributed by atoms with E-state index < -0.39 is 16.1 Å². The molecular weight excluding hydrogens is 420 g/mol. The van der Waals surface area contributed by atoms with Crippen molar-refractivity contribution >= 4 is 27.3 Å². The summed E-state index contributed by atoms with van der Waals surface area (Å²) in [6.45, 7) is 0.491. The zero-order chi connectivity index (χ0) is 21.1. The highest BCUT2D eigenvalue weighted by atomic mass is 32.2. The average molecular weight is 443 g/mol. The number of benzene rings is 2. The first kappa shape index (κ1) is 20.6. The van der Waals surface area contributed by atoms with Crippen LogP contribution in [0.25, 0.3) is 0 Å². The summed E-state index contributed by atoms with van der Waals surface area (Å²) in [7, 11) is -2.18. The summed E-state index contributed by atoms with van der Waals surface area (Å²) in [5.41, 5.74) is 2.84. The van der Waals surface area contributed by atoms with Crippen LogP contribution in [0.2, 0.25) is 0 Å². The lowest BCUT2D eigenvalue weighted by molar-refractivity contribution is -0.125. The first-order valence-electron chi connectivity index (χ1n) is 9.52. The molecule has 1 amide bonds. The quantitative estimate of drug-likeness (QED) is 0.636. The number of nitrogens with zero attached hydrogens (tertiary/aromatic N) is 1. The molecule has 1 N–H and O–H groups in total. The summed E-state index contributed by atoms with van der Waals surface area (Å²) in [6, 6.07) is 17.5. The van der Waals surface area contributed by atoms with Gasteiger partial charge in [0.1, 0.15) is 16.0 Å². The Balaban J connectivity index is 1.58. The fourth-order valence-electron chi connectivity index (χ4n) is 3.55. The fourth-order valence-corrected chi connectivity index (χ4v) is 6.24. The summed E-state index contributed by atoms with van der Waals surface area (Å²) in [4.78, 5) is 13.1. The van der Waals surface area contributed by atoms with Gasteiger partial charge >= 0.3 is 0 Å². The van der Waals surface area contributed by atoms with Crippen LogP contribution in [0.15, 0.2) is 70.3 Å². The number of carbonyl (C=O) groups is 1. The average Bonchev–Trinajstić information content (AvgIpc) is 3.33. The number of rotatable bonds is 6. The number of ether oxygens (including phenoxy) is 1. The first-order valence-corrected chi connectivity index (χ1v) is 11.8. The van der Waals surface area contributed by atoms with Gasteiger partial charge in [-0.2, -0.15) is 4.31 Å².